The third-order valence-electron chi connectivity index (χ3n) is 4.80. The Morgan fingerprint density at radius 1 is 1.19 bits per heavy atom. The Morgan fingerprint density at radius 2 is 2.14 bits per heavy atom. The first-order valence-corrected chi connectivity index (χ1v) is 8.26. The molecule has 0 unspecified atom stereocenters. The monoisotopic (exact) mass is 287 g/mol. The molecule has 4 heteroatoms. The zero-order valence-corrected chi connectivity index (χ0v) is 12.6. The van der Waals surface area contributed by atoms with Crippen molar-refractivity contribution in [1.82, 2.24) is 15.2 Å². The molecule has 0 bridgehead atoms. The van der Waals surface area contributed by atoms with E-state index in [1.165, 1.54) is 19.3 Å². The van der Waals surface area contributed by atoms with Crippen LogP contribution >= 0.6 is 0 Å². The van der Waals surface area contributed by atoms with Crippen molar-refractivity contribution < 1.29 is 4.79 Å². The lowest BCUT2D eigenvalue weighted by Gasteiger charge is -2.33. The van der Waals surface area contributed by atoms with Crippen LogP contribution in [-0.4, -0.2) is 34.9 Å². The lowest BCUT2D eigenvalue weighted by molar-refractivity contribution is -0.126. The van der Waals surface area contributed by atoms with E-state index in [0.29, 0.717) is 6.04 Å². The molecule has 0 radical (unpaired) electrons. The first-order valence-electron chi connectivity index (χ1n) is 8.26. The summed E-state index contributed by atoms with van der Waals surface area (Å²) in [5, 5.41) is 3.13. The zero-order valence-electron chi connectivity index (χ0n) is 12.6. The Labute approximate surface area is 126 Å². The minimum absolute atomic E-state index is 0.173. The van der Waals surface area contributed by atoms with Crippen molar-refractivity contribution in [2.45, 2.75) is 51.1 Å². The Bertz CT molecular complexity index is 462. The van der Waals surface area contributed by atoms with Gasteiger partial charge in [-0.25, -0.2) is 0 Å². The zero-order chi connectivity index (χ0) is 14.5. The van der Waals surface area contributed by atoms with Gasteiger partial charge in [0.2, 0.25) is 5.91 Å². The van der Waals surface area contributed by atoms with Crippen molar-refractivity contribution in [2.75, 3.05) is 13.1 Å². The fraction of sp³-hybridized carbons (Fsp3) is 0.647. The first-order chi connectivity index (χ1) is 10.3. The van der Waals surface area contributed by atoms with Gasteiger partial charge in [0.15, 0.2) is 0 Å². The largest absolute Gasteiger partial charge is 0.356 e. The summed E-state index contributed by atoms with van der Waals surface area (Å²) in [6, 6.07) is 6.48. The molecule has 1 aliphatic carbocycles. The summed E-state index contributed by atoms with van der Waals surface area (Å²) in [5.74, 6) is 0.442. The molecule has 1 saturated heterocycles. The van der Waals surface area contributed by atoms with Crippen LogP contribution in [-0.2, 0) is 11.3 Å². The second kappa shape index (κ2) is 7.03. The van der Waals surface area contributed by atoms with Crippen LogP contribution in [0.25, 0.3) is 0 Å². The van der Waals surface area contributed by atoms with E-state index in [0.717, 1.165) is 44.6 Å². The van der Waals surface area contributed by atoms with Crippen LogP contribution in [0, 0.1) is 5.92 Å². The van der Waals surface area contributed by atoms with Crippen LogP contribution in [0.3, 0.4) is 0 Å². The third kappa shape index (κ3) is 3.62. The van der Waals surface area contributed by atoms with E-state index in [1.54, 1.807) is 0 Å². The minimum atomic E-state index is 0.173. The molecule has 2 aliphatic rings. The molecule has 4 nitrogen and oxygen atoms in total. The molecule has 0 spiro atoms. The summed E-state index contributed by atoms with van der Waals surface area (Å²) in [6.45, 7) is 2.81. The second-order valence-electron chi connectivity index (χ2n) is 6.25. The number of carbonyl (C=O) groups excluding carboxylic acids is 1. The van der Waals surface area contributed by atoms with Gasteiger partial charge in [-0.05, 0) is 44.4 Å². The number of rotatable bonds is 2. The van der Waals surface area contributed by atoms with Crippen molar-refractivity contribution in [2.24, 2.45) is 5.92 Å². The molecule has 1 N–H and O–H groups in total. The number of hydrogen-bond acceptors (Lipinski definition) is 3. The highest BCUT2D eigenvalue weighted by Crippen LogP contribution is 2.31. The quantitative estimate of drug-likeness (QED) is 0.908. The molecule has 114 valence electrons. The predicted molar refractivity (Wildman–Crippen MR) is 82.6 cm³/mol. The standard InChI is InChI=1S/C17H25N3O/c21-17-15-8-6-9-16(15)20(12-5-1-3-11-19-17)13-14-7-2-4-10-18-14/h2,4,7,10,15-16H,1,3,5-6,8-9,11-13H2,(H,19,21)/t15-,16+/m1/s1. The molecule has 2 fully saturated rings. The van der Waals surface area contributed by atoms with Gasteiger partial charge >= 0.3 is 0 Å². The van der Waals surface area contributed by atoms with Gasteiger partial charge < -0.3 is 5.32 Å². The van der Waals surface area contributed by atoms with Crippen molar-refractivity contribution >= 4 is 5.91 Å². The summed E-state index contributed by atoms with van der Waals surface area (Å²) in [4.78, 5) is 19.3. The van der Waals surface area contributed by atoms with E-state index in [1.807, 2.05) is 18.3 Å². The van der Waals surface area contributed by atoms with E-state index in [-0.39, 0.29) is 11.8 Å². The Balaban J connectivity index is 1.75. The fourth-order valence-electron chi connectivity index (χ4n) is 3.70. The van der Waals surface area contributed by atoms with Gasteiger partial charge in [-0.3, -0.25) is 14.7 Å². The molecule has 0 aromatic carbocycles. The maximum absolute atomic E-state index is 12.4. The van der Waals surface area contributed by atoms with E-state index in [4.69, 9.17) is 0 Å². The average Bonchev–Trinajstić information content (AvgIpc) is 2.99. The molecular formula is C17H25N3O. The van der Waals surface area contributed by atoms with Crippen molar-refractivity contribution in [3.8, 4) is 0 Å². The topological polar surface area (TPSA) is 45.2 Å². The van der Waals surface area contributed by atoms with E-state index in [9.17, 15) is 4.79 Å². The average molecular weight is 287 g/mol. The van der Waals surface area contributed by atoms with Gasteiger partial charge in [-0.1, -0.05) is 18.9 Å². The number of aromatic nitrogens is 1. The van der Waals surface area contributed by atoms with Gasteiger partial charge in [0, 0.05) is 25.3 Å². The van der Waals surface area contributed by atoms with Crippen LogP contribution < -0.4 is 5.32 Å². The second-order valence-corrected chi connectivity index (χ2v) is 6.25. The SMILES string of the molecule is O=C1NCCCCCN(Cc2ccccn2)[C@H]2CCC[C@@H]12. The summed E-state index contributed by atoms with van der Waals surface area (Å²) < 4.78 is 0. The molecular weight excluding hydrogens is 262 g/mol. The smallest absolute Gasteiger partial charge is 0.224 e. The summed E-state index contributed by atoms with van der Waals surface area (Å²) >= 11 is 0. The molecule has 2 atom stereocenters. The number of hydrogen-bond donors (Lipinski definition) is 1. The van der Waals surface area contributed by atoms with Crippen molar-refractivity contribution in [3.05, 3.63) is 30.1 Å². The first kappa shape index (κ1) is 14.5. The van der Waals surface area contributed by atoms with Crippen LogP contribution in [0.2, 0.25) is 0 Å². The van der Waals surface area contributed by atoms with Crippen LogP contribution in [0.15, 0.2) is 24.4 Å². The highest BCUT2D eigenvalue weighted by atomic mass is 16.1. The summed E-state index contributed by atoms with van der Waals surface area (Å²) in [6.07, 6.45) is 8.71. The molecule has 21 heavy (non-hydrogen) atoms. The molecule has 1 amide bonds. The number of nitrogens with zero attached hydrogens (tertiary/aromatic N) is 2. The van der Waals surface area contributed by atoms with Crippen LogP contribution in [0.1, 0.15) is 44.2 Å². The van der Waals surface area contributed by atoms with Crippen LogP contribution in [0.4, 0.5) is 0 Å². The van der Waals surface area contributed by atoms with Gasteiger partial charge in [0.25, 0.3) is 0 Å². The number of amides is 1. The normalized spacial score (nSPS) is 27.9. The fourth-order valence-corrected chi connectivity index (χ4v) is 3.70. The Hall–Kier alpha value is -1.42. The number of pyridine rings is 1. The molecule has 2 heterocycles. The molecule has 1 aliphatic heterocycles. The maximum atomic E-state index is 12.4. The number of carbonyl (C=O) groups is 1. The van der Waals surface area contributed by atoms with Gasteiger partial charge in [-0.15, -0.1) is 0 Å². The van der Waals surface area contributed by atoms with Gasteiger partial charge in [0.05, 0.1) is 11.6 Å². The highest BCUT2D eigenvalue weighted by Gasteiger charge is 2.36. The van der Waals surface area contributed by atoms with Gasteiger partial charge in [-0.2, -0.15) is 0 Å². The summed E-state index contributed by atoms with van der Waals surface area (Å²) in [5.41, 5.74) is 1.11. The molecule has 1 aromatic rings. The Morgan fingerprint density at radius 3 is 3.00 bits per heavy atom. The summed E-state index contributed by atoms with van der Waals surface area (Å²) in [7, 11) is 0. The Kier molecular flexibility index (Phi) is 4.86. The number of nitrogens with one attached hydrogen (secondary N) is 1. The van der Waals surface area contributed by atoms with Crippen LogP contribution in [0.5, 0.6) is 0 Å². The van der Waals surface area contributed by atoms with E-state index in [2.05, 4.69) is 21.3 Å². The highest BCUT2D eigenvalue weighted by molar-refractivity contribution is 5.79. The van der Waals surface area contributed by atoms with E-state index < -0.39 is 0 Å². The maximum Gasteiger partial charge on any atom is 0.224 e. The number of fused-ring (bicyclic) bond motifs is 1. The molecule has 1 saturated carbocycles. The molecule has 1 aromatic heterocycles. The van der Waals surface area contributed by atoms with Crippen molar-refractivity contribution in [1.29, 1.82) is 0 Å². The molecule has 3 rings (SSSR count). The van der Waals surface area contributed by atoms with E-state index >= 15 is 0 Å². The lowest BCUT2D eigenvalue weighted by Crippen LogP contribution is -2.45. The van der Waals surface area contributed by atoms with Gasteiger partial charge in [0.1, 0.15) is 0 Å². The lowest BCUT2D eigenvalue weighted by atomic mass is 9.99. The van der Waals surface area contributed by atoms with Crippen molar-refractivity contribution in [3.63, 3.8) is 0 Å². The predicted octanol–water partition coefficient (Wildman–Crippen LogP) is 2.35. The third-order valence-corrected chi connectivity index (χ3v) is 4.80. The minimum Gasteiger partial charge on any atom is -0.356 e.